The van der Waals surface area contributed by atoms with Crippen LogP contribution in [0.25, 0.3) is 0 Å². The lowest BCUT2D eigenvalue weighted by Gasteiger charge is -2.15. The molecule has 0 bridgehead atoms. The first-order chi connectivity index (χ1) is 8.85. The van der Waals surface area contributed by atoms with Crippen LogP contribution in [-0.4, -0.2) is 25.8 Å². The average Bonchev–Trinajstić information content (AvgIpc) is 2.36. The van der Waals surface area contributed by atoms with E-state index in [0.29, 0.717) is 10.6 Å². The molecule has 0 heterocycles. The lowest BCUT2D eigenvalue weighted by Crippen LogP contribution is -2.32. The Kier molecular flexibility index (Phi) is 6.26. The zero-order valence-electron chi connectivity index (χ0n) is 11.1. The second kappa shape index (κ2) is 7.24. The van der Waals surface area contributed by atoms with Crippen molar-refractivity contribution in [3.63, 3.8) is 0 Å². The summed E-state index contributed by atoms with van der Waals surface area (Å²) in [5.74, 6) is 0.161. The number of benzene rings is 1. The number of sulfonamides is 1. The van der Waals surface area contributed by atoms with Crippen molar-refractivity contribution in [1.82, 2.24) is 4.72 Å². The molecule has 108 valence electrons. The van der Waals surface area contributed by atoms with E-state index in [0.717, 1.165) is 6.42 Å². The Morgan fingerprint density at radius 1 is 1.37 bits per heavy atom. The lowest BCUT2D eigenvalue weighted by molar-refractivity contribution is 0.182. The van der Waals surface area contributed by atoms with Crippen molar-refractivity contribution < 1.29 is 13.5 Å². The van der Waals surface area contributed by atoms with Crippen LogP contribution in [0.1, 0.15) is 31.9 Å². The number of nitrogens with one attached hydrogen (secondary N) is 1. The number of hydrogen-bond acceptors (Lipinski definition) is 3. The molecule has 0 fully saturated rings. The molecular formula is C13H20ClNO3S. The van der Waals surface area contributed by atoms with Gasteiger partial charge >= 0.3 is 0 Å². The molecule has 1 aromatic carbocycles. The molecular weight excluding hydrogens is 286 g/mol. The van der Waals surface area contributed by atoms with E-state index in [9.17, 15) is 13.5 Å². The summed E-state index contributed by atoms with van der Waals surface area (Å²) in [7, 11) is -3.36. The summed E-state index contributed by atoms with van der Waals surface area (Å²) in [6, 6.07) is 6.84. The van der Waals surface area contributed by atoms with Crippen LogP contribution in [0.5, 0.6) is 0 Å². The van der Waals surface area contributed by atoms with Gasteiger partial charge < -0.3 is 5.11 Å². The Balaban J connectivity index is 2.60. The van der Waals surface area contributed by atoms with Gasteiger partial charge in [-0.1, -0.05) is 50.1 Å². The highest BCUT2D eigenvalue weighted by Gasteiger charge is 2.17. The second-order valence-electron chi connectivity index (χ2n) is 4.68. The maximum absolute atomic E-state index is 11.8. The summed E-state index contributed by atoms with van der Waals surface area (Å²) < 4.78 is 25.9. The zero-order valence-corrected chi connectivity index (χ0v) is 12.7. The minimum Gasteiger partial charge on any atom is -0.387 e. The molecule has 0 saturated heterocycles. The molecule has 6 heteroatoms. The van der Waals surface area contributed by atoms with Crippen LogP contribution in [0, 0.1) is 5.92 Å². The van der Waals surface area contributed by atoms with Gasteiger partial charge in [-0.05, 0) is 12.0 Å². The Labute approximate surface area is 119 Å². The van der Waals surface area contributed by atoms with E-state index in [1.165, 1.54) is 0 Å². The van der Waals surface area contributed by atoms with Gasteiger partial charge in [-0.2, -0.15) is 0 Å². The second-order valence-corrected chi connectivity index (χ2v) is 6.94. The standard InChI is InChI=1S/C13H20ClNO3S/c1-3-10(2)9-19(17,18)15-8-13(16)11-6-4-5-7-12(11)14/h4-7,10,13,15-16H,3,8-9H2,1-2H3. The highest BCUT2D eigenvalue weighted by Crippen LogP contribution is 2.22. The van der Waals surface area contributed by atoms with E-state index in [1.807, 2.05) is 13.8 Å². The van der Waals surface area contributed by atoms with E-state index < -0.39 is 16.1 Å². The zero-order chi connectivity index (χ0) is 14.5. The summed E-state index contributed by atoms with van der Waals surface area (Å²) in [6.07, 6.45) is -0.144. The van der Waals surface area contributed by atoms with Crippen LogP contribution in [0.15, 0.2) is 24.3 Å². The monoisotopic (exact) mass is 305 g/mol. The topological polar surface area (TPSA) is 66.4 Å². The highest BCUT2D eigenvalue weighted by molar-refractivity contribution is 7.89. The fraction of sp³-hybridized carbons (Fsp3) is 0.538. The maximum atomic E-state index is 11.8. The summed E-state index contributed by atoms with van der Waals surface area (Å²) in [5.41, 5.74) is 0.524. The Morgan fingerprint density at radius 3 is 2.58 bits per heavy atom. The van der Waals surface area contributed by atoms with Crippen molar-refractivity contribution in [3.8, 4) is 0 Å². The van der Waals surface area contributed by atoms with Crippen LogP contribution in [-0.2, 0) is 10.0 Å². The van der Waals surface area contributed by atoms with Crippen molar-refractivity contribution in [1.29, 1.82) is 0 Å². The van der Waals surface area contributed by atoms with Gasteiger partial charge in [-0.15, -0.1) is 0 Å². The molecule has 0 aliphatic heterocycles. The van der Waals surface area contributed by atoms with Crippen molar-refractivity contribution in [2.24, 2.45) is 5.92 Å². The molecule has 19 heavy (non-hydrogen) atoms. The van der Waals surface area contributed by atoms with Crippen molar-refractivity contribution in [2.45, 2.75) is 26.4 Å². The highest BCUT2D eigenvalue weighted by atomic mass is 35.5. The van der Waals surface area contributed by atoms with Gasteiger partial charge in [0.05, 0.1) is 11.9 Å². The molecule has 0 amide bonds. The molecule has 2 atom stereocenters. The molecule has 1 aromatic rings. The van der Waals surface area contributed by atoms with Gasteiger partial charge in [0.25, 0.3) is 0 Å². The van der Waals surface area contributed by atoms with Gasteiger partial charge in [-0.3, -0.25) is 0 Å². The first-order valence-corrected chi connectivity index (χ1v) is 8.28. The molecule has 0 aliphatic rings. The van der Waals surface area contributed by atoms with Crippen molar-refractivity contribution in [3.05, 3.63) is 34.9 Å². The third-order valence-corrected chi connectivity index (χ3v) is 4.92. The summed E-state index contributed by atoms with van der Waals surface area (Å²) in [5, 5.41) is 10.4. The number of hydrogen-bond donors (Lipinski definition) is 2. The molecule has 0 aromatic heterocycles. The third kappa shape index (κ3) is 5.48. The van der Waals surface area contributed by atoms with Crippen LogP contribution >= 0.6 is 11.6 Å². The van der Waals surface area contributed by atoms with Gasteiger partial charge in [0.15, 0.2) is 0 Å². The summed E-state index contributed by atoms with van der Waals surface area (Å²) >= 11 is 5.94. The van der Waals surface area contributed by atoms with Gasteiger partial charge in [0.2, 0.25) is 10.0 Å². The average molecular weight is 306 g/mol. The lowest BCUT2D eigenvalue weighted by atomic mass is 10.1. The van der Waals surface area contributed by atoms with E-state index in [2.05, 4.69) is 4.72 Å². The Morgan fingerprint density at radius 2 is 2.00 bits per heavy atom. The van der Waals surface area contributed by atoms with Gasteiger partial charge in [0, 0.05) is 17.1 Å². The molecule has 0 radical (unpaired) electrons. The minimum absolute atomic E-state index is 0.0670. The van der Waals surface area contributed by atoms with Gasteiger partial charge in [-0.25, -0.2) is 13.1 Å². The number of aliphatic hydroxyl groups excluding tert-OH is 1. The van der Waals surface area contributed by atoms with Crippen LogP contribution in [0.3, 0.4) is 0 Å². The van der Waals surface area contributed by atoms with E-state index in [4.69, 9.17) is 11.6 Å². The molecule has 1 rings (SSSR count). The molecule has 0 spiro atoms. The normalized spacial score (nSPS) is 15.2. The van der Waals surface area contributed by atoms with Crippen LogP contribution < -0.4 is 4.72 Å². The smallest absolute Gasteiger partial charge is 0.211 e. The Bertz CT molecular complexity index is 504. The fourth-order valence-corrected chi connectivity index (χ4v) is 3.39. The molecule has 0 saturated carbocycles. The van der Waals surface area contributed by atoms with Crippen molar-refractivity contribution >= 4 is 21.6 Å². The van der Waals surface area contributed by atoms with Crippen LogP contribution in [0.4, 0.5) is 0 Å². The molecule has 2 unspecified atom stereocenters. The largest absolute Gasteiger partial charge is 0.387 e. The maximum Gasteiger partial charge on any atom is 0.211 e. The molecule has 0 aliphatic carbocycles. The third-order valence-electron chi connectivity index (χ3n) is 2.96. The summed E-state index contributed by atoms with van der Waals surface area (Å²) in [4.78, 5) is 0. The SMILES string of the molecule is CCC(C)CS(=O)(=O)NCC(O)c1ccccc1Cl. The van der Waals surface area contributed by atoms with Crippen LogP contribution in [0.2, 0.25) is 5.02 Å². The molecule has 4 nitrogen and oxygen atoms in total. The van der Waals surface area contributed by atoms with Gasteiger partial charge in [0.1, 0.15) is 0 Å². The predicted molar refractivity (Wildman–Crippen MR) is 77.7 cm³/mol. The number of halogens is 1. The minimum atomic E-state index is -3.36. The first kappa shape index (κ1) is 16.4. The summed E-state index contributed by atoms with van der Waals surface area (Å²) in [6.45, 7) is 3.75. The van der Waals surface area contributed by atoms with E-state index in [1.54, 1.807) is 24.3 Å². The molecule has 2 N–H and O–H groups in total. The fourth-order valence-electron chi connectivity index (χ4n) is 1.61. The Hall–Kier alpha value is -0.620. The quantitative estimate of drug-likeness (QED) is 0.812. The van der Waals surface area contributed by atoms with Crippen molar-refractivity contribution in [2.75, 3.05) is 12.3 Å². The first-order valence-electron chi connectivity index (χ1n) is 6.25. The number of rotatable bonds is 7. The van der Waals surface area contributed by atoms with E-state index in [-0.39, 0.29) is 18.2 Å². The predicted octanol–water partition coefficient (Wildman–Crippen LogP) is 2.34. The van der Waals surface area contributed by atoms with E-state index >= 15 is 0 Å². The number of aliphatic hydroxyl groups is 1.